The van der Waals surface area contributed by atoms with Crippen LogP contribution in [0.25, 0.3) is 0 Å². The Labute approximate surface area is 146 Å². The monoisotopic (exact) mass is 406 g/mol. The number of aliphatic imine (C=N–C) groups is 1. The topological polar surface area (TPSA) is 39.7 Å². The summed E-state index contributed by atoms with van der Waals surface area (Å²) in [5.74, 6) is 0.989. The fourth-order valence-corrected chi connectivity index (χ4v) is 3.13. The van der Waals surface area contributed by atoms with Crippen molar-refractivity contribution in [2.24, 2.45) is 4.99 Å². The molecule has 122 valence electrons. The van der Waals surface area contributed by atoms with Gasteiger partial charge in [0.2, 0.25) is 0 Å². The second kappa shape index (κ2) is 10.4. The summed E-state index contributed by atoms with van der Waals surface area (Å²) in [4.78, 5) is 7.40. The Kier molecular flexibility index (Phi) is 9.31. The molecule has 1 atom stereocenters. The molecule has 4 nitrogen and oxygen atoms in total. The number of likely N-dealkylation sites (N-methyl/N-ethyl adjacent to an activating group) is 1. The highest BCUT2D eigenvalue weighted by atomic mass is 127. The van der Waals surface area contributed by atoms with Gasteiger partial charge in [-0.15, -0.1) is 24.0 Å². The highest BCUT2D eigenvalue weighted by molar-refractivity contribution is 14.0. The van der Waals surface area contributed by atoms with E-state index in [0.717, 1.165) is 38.4 Å². The minimum absolute atomic E-state index is 0. The van der Waals surface area contributed by atoms with E-state index in [-0.39, 0.29) is 24.0 Å². The van der Waals surface area contributed by atoms with Crippen LogP contribution in [0.4, 0.5) is 0 Å². The van der Waals surface area contributed by atoms with Crippen LogP contribution >= 0.6 is 24.0 Å². The molecule has 0 radical (unpaired) electrons. The predicted octanol–water partition coefficient (Wildman–Crippen LogP) is 2.75. The van der Waals surface area contributed by atoms with Gasteiger partial charge in [-0.05, 0) is 45.7 Å². The highest BCUT2D eigenvalue weighted by Gasteiger charge is 2.20. The third-order valence-electron chi connectivity index (χ3n) is 4.31. The highest BCUT2D eigenvalue weighted by Crippen LogP contribution is 2.16. The van der Waals surface area contributed by atoms with Gasteiger partial charge in [0.25, 0.3) is 0 Å². The van der Waals surface area contributed by atoms with Crippen molar-refractivity contribution >= 4 is 29.9 Å². The Balaban J connectivity index is 0.00000220. The van der Waals surface area contributed by atoms with Crippen molar-refractivity contribution in [2.45, 2.75) is 58.0 Å². The zero-order chi connectivity index (χ0) is 14.2. The molecule has 21 heavy (non-hydrogen) atoms. The largest absolute Gasteiger partial charge is 0.357 e. The zero-order valence-electron chi connectivity index (χ0n) is 13.5. The molecule has 0 spiro atoms. The van der Waals surface area contributed by atoms with Gasteiger partial charge in [-0.3, -0.25) is 9.89 Å². The number of guanidine groups is 1. The second-order valence-corrected chi connectivity index (χ2v) is 5.78. The summed E-state index contributed by atoms with van der Waals surface area (Å²) in [6, 6.07) is 1.16. The number of piperidine rings is 1. The molecule has 1 saturated heterocycles. The van der Waals surface area contributed by atoms with Gasteiger partial charge in [-0.1, -0.05) is 25.5 Å². The average molecular weight is 406 g/mol. The van der Waals surface area contributed by atoms with Crippen molar-refractivity contribution in [3.63, 3.8) is 0 Å². The number of rotatable bonds is 5. The molecule has 0 amide bonds. The summed E-state index contributed by atoms with van der Waals surface area (Å²) in [6.07, 6.45) is 10.7. The number of hydrogen-bond acceptors (Lipinski definition) is 2. The van der Waals surface area contributed by atoms with Gasteiger partial charge in [0, 0.05) is 18.6 Å². The molecule has 2 N–H and O–H groups in total. The lowest BCUT2D eigenvalue weighted by Crippen LogP contribution is -2.45. The van der Waals surface area contributed by atoms with E-state index in [2.05, 4.69) is 41.5 Å². The van der Waals surface area contributed by atoms with E-state index >= 15 is 0 Å². The summed E-state index contributed by atoms with van der Waals surface area (Å²) < 4.78 is 0. The number of likely N-dealkylation sites (tertiary alicyclic amines) is 1. The number of nitrogens with one attached hydrogen (secondary N) is 2. The minimum Gasteiger partial charge on any atom is -0.357 e. The van der Waals surface area contributed by atoms with Crippen LogP contribution in [0.2, 0.25) is 0 Å². The zero-order valence-corrected chi connectivity index (χ0v) is 15.8. The quantitative estimate of drug-likeness (QED) is 0.319. The van der Waals surface area contributed by atoms with Crippen LogP contribution in [0, 0.1) is 0 Å². The van der Waals surface area contributed by atoms with E-state index in [1.165, 1.54) is 25.8 Å². The standard InChI is InChI=1S/C16H30N4.HI/c1-3-17-16(19-14-9-5-6-10-14)18-13-15-11-7-8-12-20(15)4-2;/h5-6,14-15H,3-4,7-13H2,1-2H3,(H2,17,18,19);1H. The summed E-state index contributed by atoms with van der Waals surface area (Å²) in [5, 5.41) is 6.92. The molecule has 2 rings (SSSR count). The van der Waals surface area contributed by atoms with Crippen molar-refractivity contribution in [1.82, 2.24) is 15.5 Å². The molecule has 0 aromatic rings. The van der Waals surface area contributed by atoms with Crippen molar-refractivity contribution in [1.29, 1.82) is 0 Å². The molecule has 0 saturated carbocycles. The first-order chi connectivity index (χ1) is 9.83. The van der Waals surface area contributed by atoms with Crippen LogP contribution in [0.15, 0.2) is 17.1 Å². The predicted molar refractivity (Wildman–Crippen MR) is 102 cm³/mol. The first kappa shape index (κ1) is 18.7. The molecule has 1 aliphatic heterocycles. The Morgan fingerprint density at radius 1 is 1.24 bits per heavy atom. The Hall–Kier alpha value is -0.300. The Bertz CT molecular complexity index is 335. The van der Waals surface area contributed by atoms with Crippen molar-refractivity contribution < 1.29 is 0 Å². The van der Waals surface area contributed by atoms with Crippen LogP contribution in [-0.2, 0) is 0 Å². The average Bonchev–Trinajstić information content (AvgIpc) is 2.98. The van der Waals surface area contributed by atoms with Crippen LogP contribution in [-0.4, -0.2) is 49.1 Å². The lowest BCUT2D eigenvalue weighted by atomic mass is 10.0. The van der Waals surface area contributed by atoms with Gasteiger partial charge in [0.1, 0.15) is 0 Å². The summed E-state index contributed by atoms with van der Waals surface area (Å²) >= 11 is 0. The van der Waals surface area contributed by atoms with Crippen molar-refractivity contribution in [3.8, 4) is 0 Å². The molecule has 1 fully saturated rings. The van der Waals surface area contributed by atoms with E-state index in [1.807, 2.05) is 0 Å². The maximum absolute atomic E-state index is 4.82. The molecule has 0 aromatic carbocycles. The maximum atomic E-state index is 4.82. The molecular formula is C16H31IN4. The van der Waals surface area contributed by atoms with Crippen LogP contribution in [0.5, 0.6) is 0 Å². The Morgan fingerprint density at radius 2 is 2.00 bits per heavy atom. The van der Waals surface area contributed by atoms with E-state index in [9.17, 15) is 0 Å². The van der Waals surface area contributed by atoms with Crippen molar-refractivity contribution in [3.05, 3.63) is 12.2 Å². The molecular weight excluding hydrogens is 375 g/mol. The molecule has 1 heterocycles. The normalized spacial score (nSPS) is 23.9. The first-order valence-electron chi connectivity index (χ1n) is 8.27. The van der Waals surface area contributed by atoms with Gasteiger partial charge in [0.15, 0.2) is 5.96 Å². The van der Waals surface area contributed by atoms with E-state index in [0.29, 0.717) is 12.1 Å². The number of nitrogens with zero attached hydrogens (tertiary/aromatic N) is 2. The lowest BCUT2D eigenvalue weighted by Gasteiger charge is -2.34. The molecule has 0 bridgehead atoms. The van der Waals surface area contributed by atoms with E-state index in [4.69, 9.17) is 4.99 Å². The second-order valence-electron chi connectivity index (χ2n) is 5.78. The van der Waals surface area contributed by atoms with Gasteiger partial charge in [-0.25, -0.2) is 0 Å². The SMILES string of the molecule is CCNC(=NCC1CCCCN1CC)NC1CC=CC1.I. The van der Waals surface area contributed by atoms with Crippen LogP contribution in [0.3, 0.4) is 0 Å². The molecule has 0 aromatic heterocycles. The molecule has 1 unspecified atom stereocenters. The minimum atomic E-state index is 0. The van der Waals surface area contributed by atoms with Crippen LogP contribution < -0.4 is 10.6 Å². The van der Waals surface area contributed by atoms with E-state index in [1.54, 1.807) is 0 Å². The maximum Gasteiger partial charge on any atom is 0.191 e. The number of hydrogen-bond donors (Lipinski definition) is 2. The smallest absolute Gasteiger partial charge is 0.191 e. The fourth-order valence-electron chi connectivity index (χ4n) is 3.13. The lowest BCUT2D eigenvalue weighted by molar-refractivity contribution is 0.161. The Morgan fingerprint density at radius 3 is 2.67 bits per heavy atom. The molecule has 1 aliphatic carbocycles. The summed E-state index contributed by atoms with van der Waals surface area (Å²) in [7, 11) is 0. The summed E-state index contributed by atoms with van der Waals surface area (Å²) in [5.41, 5.74) is 0. The third-order valence-corrected chi connectivity index (χ3v) is 4.31. The number of halogens is 1. The fraction of sp³-hybridized carbons (Fsp3) is 0.812. The third kappa shape index (κ3) is 6.14. The van der Waals surface area contributed by atoms with Gasteiger partial charge < -0.3 is 10.6 Å². The van der Waals surface area contributed by atoms with Gasteiger partial charge in [-0.2, -0.15) is 0 Å². The van der Waals surface area contributed by atoms with Crippen LogP contribution in [0.1, 0.15) is 46.0 Å². The first-order valence-corrected chi connectivity index (χ1v) is 8.27. The van der Waals surface area contributed by atoms with E-state index < -0.39 is 0 Å². The molecule has 2 aliphatic rings. The summed E-state index contributed by atoms with van der Waals surface area (Å²) in [6.45, 7) is 8.63. The van der Waals surface area contributed by atoms with Crippen molar-refractivity contribution in [2.75, 3.05) is 26.2 Å². The molecule has 5 heteroatoms. The van der Waals surface area contributed by atoms with Gasteiger partial charge >= 0.3 is 0 Å². The van der Waals surface area contributed by atoms with Gasteiger partial charge in [0.05, 0.1) is 6.54 Å².